The number of hydrogen-bond donors (Lipinski definition) is 1. The topological polar surface area (TPSA) is 28.4 Å². The van der Waals surface area contributed by atoms with Crippen LogP contribution < -0.4 is 5.32 Å². The first kappa shape index (κ1) is 15.2. The van der Waals surface area contributed by atoms with Crippen LogP contribution in [0.15, 0.2) is 28.7 Å². The molecule has 2 unspecified atom stereocenters. The highest BCUT2D eigenvalue weighted by Gasteiger charge is 2.30. The summed E-state index contributed by atoms with van der Waals surface area (Å²) in [6.45, 7) is 4.20. The molecule has 1 saturated heterocycles. The molecule has 2 heterocycles. The summed E-state index contributed by atoms with van der Waals surface area (Å²) in [5.41, 5.74) is 0.906. The zero-order chi connectivity index (χ0) is 14.8. The van der Waals surface area contributed by atoms with Gasteiger partial charge in [-0.05, 0) is 37.9 Å². The van der Waals surface area contributed by atoms with E-state index in [1.165, 1.54) is 5.75 Å². The molecule has 1 aromatic carbocycles. The van der Waals surface area contributed by atoms with Gasteiger partial charge in [0.1, 0.15) is 11.3 Å². The van der Waals surface area contributed by atoms with Crippen molar-refractivity contribution in [2.75, 3.05) is 31.6 Å². The zero-order valence-electron chi connectivity index (χ0n) is 12.4. The largest absolute Gasteiger partial charge is 0.459 e. The van der Waals surface area contributed by atoms with E-state index in [1.54, 1.807) is 0 Å². The quantitative estimate of drug-likeness (QED) is 0.926. The Balaban J connectivity index is 1.94. The van der Waals surface area contributed by atoms with E-state index < -0.39 is 0 Å². The van der Waals surface area contributed by atoms with E-state index in [2.05, 4.69) is 30.3 Å². The van der Waals surface area contributed by atoms with Crippen LogP contribution in [0.4, 0.5) is 0 Å². The second kappa shape index (κ2) is 6.61. The number of hydrogen-bond acceptors (Lipinski definition) is 4. The molecule has 2 aromatic rings. The Kier molecular flexibility index (Phi) is 4.79. The van der Waals surface area contributed by atoms with Crippen molar-refractivity contribution in [1.29, 1.82) is 0 Å². The molecule has 1 aliphatic heterocycles. The molecule has 0 bridgehead atoms. The first-order valence-corrected chi connectivity index (χ1v) is 8.92. The number of halogens is 1. The standard InChI is InChI=1S/C16H21ClN2OS/c1-3-18-16(13-10-21-7-6-19(13)2)15-9-11-8-12(17)4-5-14(11)20-15/h4-5,8-9,13,16,18H,3,6-7,10H2,1-2H3. The molecule has 3 nitrogen and oxygen atoms in total. The van der Waals surface area contributed by atoms with Crippen LogP contribution in [0.25, 0.3) is 11.0 Å². The summed E-state index contributed by atoms with van der Waals surface area (Å²) >= 11 is 8.09. The van der Waals surface area contributed by atoms with Crippen molar-refractivity contribution in [3.63, 3.8) is 0 Å². The van der Waals surface area contributed by atoms with Crippen LogP contribution in [-0.4, -0.2) is 42.6 Å². The lowest BCUT2D eigenvalue weighted by Crippen LogP contribution is -2.47. The van der Waals surface area contributed by atoms with Crippen LogP contribution in [0.1, 0.15) is 18.7 Å². The van der Waals surface area contributed by atoms with Gasteiger partial charge in [-0.3, -0.25) is 4.90 Å². The van der Waals surface area contributed by atoms with Gasteiger partial charge in [0.25, 0.3) is 0 Å². The van der Waals surface area contributed by atoms with Crippen molar-refractivity contribution >= 4 is 34.3 Å². The highest BCUT2D eigenvalue weighted by atomic mass is 35.5. The normalized spacial score (nSPS) is 21.8. The van der Waals surface area contributed by atoms with E-state index in [9.17, 15) is 0 Å². The Bertz CT molecular complexity index is 615. The summed E-state index contributed by atoms with van der Waals surface area (Å²) in [4.78, 5) is 2.43. The van der Waals surface area contributed by atoms with Gasteiger partial charge in [-0.2, -0.15) is 11.8 Å². The molecule has 0 aliphatic carbocycles. The van der Waals surface area contributed by atoms with E-state index in [4.69, 9.17) is 16.0 Å². The molecule has 1 N–H and O–H groups in total. The molecule has 0 spiro atoms. The maximum absolute atomic E-state index is 6.08. The van der Waals surface area contributed by atoms with Crippen LogP contribution >= 0.6 is 23.4 Å². The first-order chi connectivity index (χ1) is 10.2. The van der Waals surface area contributed by atoms with Crippen LogP contribution in [0.5, 0.6) is 0 Å². The molecule has 5 heteroatoms. The van der Waals surface area contributed by atoms with Gasteiger partial charge >= 0.3 is 0 Å². The number of rotatable bonds is 4. The molecule has 3 rings (SSSR count). The predicted molar refractivity (Wildman–Crippen MR) is 91.4 cm³/mol. The number of likely N-dealkylation sites (N-methyl/N-ethyl adjacent to an activating group) is 2. The van der Waals surface area contributed by atoms with Crippen molar-refractivity contribution in [3.8, 4) is 0 Å². The highest BCUT2D eigenvalue weighted by Crippen LogP contribution is 2.31. The van der Waals surface area contributed by atoms with Gasteiger partial charge in [0.2, 0.25) is 0 Å². The molecule has 0 saturated carbocycles. The van der Waals surface area contributed by atoms with Gasteiger partial charge in [-0.15, -0.1) is 0 Å². The summed E-state index contributed by atoms with van der Waals surface area (Å²) in [6, 6.07) is 8.60. The van der Waals surface area contributed by atoms with Gasteiger partial charge in [0.15, 0.2) is 0 Å². The third kappa shape index (κ3) is 3.24. The number of fused-ring (bicyclic) bond motifs is 1. The SMILES string of the molecule is CCNC(c1cc2cc(Cl)ccc2o1)C1CSCCN1C. The van der Waals surface area contributed by atoms with Crippen molar-refractivity contribution in [2.24, 2.45) is 0 Å². The van der Waals surface area contributed by atoms with E-state index in [-0.39, 0.29) is 6.04 Å². The smallest absolute Gasteiger partial charge is 0.134 e. The lowest BCUT2D eigenvalue weighted by molar-refractivity contribution is 0.203. The Morgan fingerprint density at radius 3 is 3.10 bits per heavy atom. The molecule has 1 aromatic heterocycles. The fourth-order valence-electron chi connectivity index (χ4n) is 2.89. The fourth-order valence-corrected chi connectivity index (χ4v) is 4.34. The third-order valence-electron chi connectivity index (χ3n) is 4.06. The number of thioether (sulfide) groups is 1. The Hall–Kier alpha value is -0.680. The monoisotopic (exact) mass is 324 g/mol. The summed E-state index contributed by atoms with van der Waals surface area (Å²) in [5, 5.41) is 5.42. The minimum atomic E-state index is 0.221. The van der Waals surface area contributed by atoms with E-state index in [1.807, 2.05) is 30.0 Å². The zero-order valence-corrected chi connectivity index (χ0v) is 14.0. The molecule has 0 amide bonds. The van der Waals surface area contributed by atoms with Crippen molar-refractivity contribution in [3.05, 3.63) is 35.0 Å². The maximum Gasteiger partial charge on any atom is 0.134 e. The lowest BCUT2D eigenvalue weighted by atomic mass is 10.1. The van der Waals surface area contributed by atoms with Crippen molar-refractivity contribution in [1.82, 2.24) is 10.2 Å². The number of nitrogens with zero attached hydrogens (tertiary/aromatic N) is 1. The van der Waals surface area contributed by atoms with Crippen LogP contribution in [0.2, 0.25) is 5.02 Å². The van der Waals surface area contributed by atoms with Crippen molar-refractivity contribution < 1.29 is 4.42 Å². The third-order valence-corrected chi connectivity index (χ3v) is 5.34. The number of nitrogens with one attached hydrogen (secondary N) is 1. The van der Waals surface area contributed by atoms with Gasteiger partial charge in [-0.1, -0.05) is 18.5 Å². The average Bonchev–Trinajstić information content (AvgIpc) is 2.88. The van der Waals surface area contributed by atoms with Crippen LogP contribution in [0.3, 0.4) is 0 Å². The number of benzene rings is 1. The van der Waals surface area contributed by atoms with Gasteiger partial charge in [-0.25, -0.2) is 0 Å². The Labute approximate surface area is 135 Å². The summed E-state index contributed by atoms with van der Waals surface area (Å²) in [6.07, 6.45) is 0. The molecule has 21 heavy (non-hydrogen) atoms. The number of furan rings is 1. The highest BCUT2D eigenvalue weighted by molar-refractivity contribution is 7.99. The second-order valence-corrected chi connectivity index (χ2v) is 7.08. The molecule has 114 valence electrons. The fraction of sp³-hybridized carbons (Fsp3) is 0.500. The summed E-state index contributed by atoms with van der Waals surface area (Å²) in [7, 11) is 2.20. The predicted octanol–water partition coefficient (Wildman–Crippen LogP) is 3.78. The minimum absolute atomic E-state index is 0.221. The first-order valence-electron chi connectivity index (χ1n) is 7.39. The Morgan fingerprint density at radius 1 is 1.48 bits per heavy atom. The summed E-state index contributed by atoms with van der Waals surface area (Å²) in [5.74, 6) is 3.35. The molecule has 1 fully saturated rings. The molecular weight excluding hydrogens is 304 g/mol. The second-order valence-electron chi connectivity index (χ2n) is 5.49. The van der Waals surface area contributed by atoms with E-state index in [0.717, 1.165) is 40.6 Å². The van der Waals surface area contributed by atoms with E-state index in [0.29, 0.717) is 6.04 Å². The lowest BCUT2D eigenvalue weighted by Gasteiger charge is -2.37. The molecule has 0 radical (unpaired) electrons. The summed E-state index contributed by atoms with van der Waals surface area (Å²) < 4.78 is 6.08. The van der Waals surface area contributed by atoms with E-state index >= 15 is 0 Å². The minimum Gasteiger partial charge on any atom is -0.459 e. The van der Waals surface area contributed by atoms with Gasteiger partial charge in [0, 0.05) is 34.5 Å². The van der Waals surface area contributed by atoms with Crippen molar-refractivity contribution in [2.45, 2.75) is 19.0 Å². The van der Waals surface area contributed by atoms with Crippen LogP contribution in [0, 0.1) is 0 Å². The molecule has 1 aliphatic rings. The molecular formula is C16H21ClN2OS. The Morgan fingerprint density at radius 2 is 2.33 bits per heavy atom. The average molecular weight is 325 g/mol. The van der Waals surface area contributed by atoms with Gasteiger partial charge in [0.05, 0.1) is 6.04 Å². The molecule has 2 atom stereocenters. The van der Waals surface area contributed by atoms with Gasteiger partial charge < -0.3 is 9.73 Å². The maximum atomic E-state index is 6.08. The van der Waals surface area contributed by atoms with Crippen LogP contribution in [-0.2, 0) is 0 Å².